The second kappa shape index (κ2) is 5.71. The number of hydrogen-bond donors (Lipinski definition) is 2. The highest BCUT2D eigenvalue weighted by molar-refractivity contribution is 5.76. The Bertz CT molecular complexity index is 384. The maximum atomic E-state index is 11.7. The number of benzene rings is 1. The van der Waals surface area contributed by atoms with Crippen LogP contribution in [0.2, 0.25) is 0 Å². The SMILES string of the molecule is O=C(CC1CCCC1)NCc1ccccc1O. The smallest absolute Gasteiger partial charge is 0.220 e. The van der Waals surface area contributed by atoms with Gasteiger partial charge in [-0.25, -0.2) is 0 Å². The molecule has 0 unspecified atom stereocenters. The molecule has 1 aromatic carbocycles. The quantitative estimate of drug-likeness (QED) is 0.839. The summed E-state index contributed by atoms with van der Waals surface area (Å²) in [5, 5.41) is 12.4. The monoisotopic (exact) mass is 233 g/mol. The minimum atomic E-state index is 0.0974. The summed E-state index contributed by atoms with van der Waals surface area (Å²) < 4.78 is 0. The summed E-state index contributed by atoms with van der Waals surface area (Å²) in [4.78, 5) is 11.7. The van der Waals surface area contributed by atoms with E-state index in [4.69, 9.17) is 0 Å². The number of carbonyl (C=O) groups excluding carboxylic acids is 1. The van der Waals surface area contributed by atoms with Gasteiger partial charge in [0.1, 0.15) is 5.75 Å². The fourth-order valence-electron chi connectivity index (χ4n) is 2.40. The maximum Gasteiger partial charge on any atom is 0.220 e. The molecule has 0 heterocycles. The molecule has 1 saturated carbocycles. The van der Waals surface area contributed by atoms with Crippen LogP contribution in [-0.4, -0.2) is 11.0 Å². The molecule has 1 aliphatic carbocycles. The standard InChI is InChI=1S/C14H19NO2/c16-13-8-4-3-7-12(13)10-15-14(17)9-11-5-1-2-6-11/h3-4,7-8,11,16H,1-2,5-6,9-10H2,(H,15,17). The number of hydrogen-bond acceptors (Lipinski definition) is 2. The van der Waals surface area contributed by atoms with Gasteiger partial charge in [-0.05, 0) is 24.8 Å². The third-order valence-corrected chi connectivity index (χ3v) is 3.42. The van der Waals surface area contributed by atoms with Gasteiger partial charge in [0.2, 0.25) is 5.91 Å². The highest BCUT2D eigenvalue weighted by Crippen LogP contribution is 2.27. The number of rotatable bonds is 4. The van der Waals surface area contributed by atoms with Crippen LogP contribution in [0.25, 0.3) is 0 Å². The van der Waals surface area contributed by atoms with Crippen molar-refractivity contribution in [2.45, 2.75) is 38.6 Å². The van der Waals surface area contributed by atoms with Crippen LogP contribution in [0.4, 0.5) is 0 Å². The van der Waals surface area contributed by atoms with Crippen LogP contribution >= 0.6 is 0 Å². The number of phenolic OH excluding ortho intramolecular Hbond substituents is 1. The molecular weight excluding hydrogens is 214 g/mol. The van der Waals surface area contributed by atoms with Crippen molar-refractivity contribution in [1.82, 2.24) is 5.32 Å². The van der Waals surface area contributed by atoms with E-state index in [0.717, 1.165) is 5.56 Å². The first-order valence-electron chi connectivity index (χ1n) is 6.29. The lowest BCUT2D eigenvalue weighted by atomic mass is 10.0. The number of amides is 1. The first-order valence-corrected chi connectivity index (χ1v) is 6.29. The van der Waals surface area contributed by atoms with Gasteiger partial charge in [0.05, 0.1) is 0 Å². The lowest BCUT2D eigenvalue weighted by Gasteiger charge is -2.10. The van der Waals surface area contributed by atoms with Crippen LogP contribution in [0.15, 0.2) is 24.3 Å². The largest absolute Gasteiger partial charge is 0.508 e. The maximum absolute atomic E-state index is 11.7. The molecule has 92 valence electrons. The van der Waals surface area contributed by atoms with Crippen LogP contribution in [-0.2, 0) is 11.3 Å². The van der Waals surface area contributed by atoms with Crippen molar-refractivity contribution in [1.29, 1.82) is 0 Å². The molecule has 1 fully saturated rings. The topological polar surface area (TPSA) is 49.3 Å². The molecule has 0 radical (unpaired) electrons. The second-order valence-corrected chi connectivity index (χ2v) is 4.76. The van der Waals surface area contributed by atoms with Gasteiger partial charge in [0.25, 0.3) is 0 Å². The van der Waals surface area contributed by atoms with E-state index in [1.807, 2.05) is 12.1 Å². The number of phenols is 1. The summed E-state index contributed by atoms with van der Waals surface area (Å²) >= 11 is 0. The zero-order valence-corrected chi connectivity index (χ0v) is 9.98. The molecule has 2 N–H and O–H groups in total. The van der Waals surface area contributed by atoms with Gasteiger partial charge in [-0.3, -0.25) is 4.79 Å². The lowest BCUT2D eigenvalue weighted by Crippen LogP contribution is -2.24. The van der Waals surface area contributed by atoms with E-state index >= 15 is 0 Å². The first kappa shape index (κ1) is 12.0. The minimum absolute atomic E-state index is 0.0974. The van der Waals surface area contributed by atoms with E-state index in [1.54, 1.807) is 12.1 Å². The summed E-state index contributed by atoms with van der Waals surface area (Å²) in [5.74, 6) is 0.910. The molecule has 17 heavy (non-hydrogen) atoms. The van der Waals surface area contributed by atoms with Crippen molar-refractivity contribution in [3.05, 3.63) is 29.8 Å². The predicted octanol–water partition coefficient (Wildman–Crippen LogP) is 2.59. The normalized spacial score (nSPS) is 16.0. The van der Waals surface area contributed by atoms with Crippen molar-refractivity contribution in [2.75, 3.05) is 0 Å². The summed E-state index contributed by atoms with van der Waals surface area (Å²) in [6.07, 6.45) is 5.52. The Morgan fingerprint density at radius 3 is 2.71 bits per heavy atom. The van der Waals surface area contributed by atoms with E-state index in [1.165, 1.54) is 25.7 Å². The highest BCUT2D eigenvalue weighted by atomic mass is 16.3. The lowest BCUT2D eigenvalue weighted by molar-refractivity contribution is -0.122. The third-order valence-electron chi connectivity index (χ3n) is 3.42. The van der Waals surface area contributed by atoms with Crippen molar-refractivity contribution in [2.24, 2.45) is 5.92 Å². The Morgan fingerprint density at radius 2 is 2.00 bits per heavy atom. The van der Waals surface area contributed by atoms with Gasteiger partial charge in [0.15, 0.2) is 0 Å². The van der Waals surface area contributed by atoms with Gasteiger partial charge >= 0.3 is 0 Å². The second-order valence-electron chi connectivity index (χ2n) is 4.76. The Balaban J connectivity index is 1.77. The van der Waals surface area contributed by atoms with Crippen molar-refractivity contribution < 1.29 is 9.90 Å². The van der Waals surface area contributed by atoms with Crippen LogP contribution in [0.5, 0.6) is 5.75 Å². The Kier molecular flexibility index (Phi) is 4.02. The fourth-order valence-corrected chi connectivity index (χ4v) is 2.40. The van der Waals surface area contributed by atoms with Crippen LogP contribution < -0.4 is 5.32 Å². The summed E-state index contributed by atoms with van der Waals surface area (Å²) in [6.45, 7) is 0.415. The molecule has 0 aromatic heterocycles. The molecule has 1 aliphatic rings. The zero-order valence-electron chi connectivity index (χ0n) is 9.98. The fraction of sp³-hybridized carbons (Fsp3) is 0.500. The molecule has 3 heteroatoms. The van der Waals surface area contributed by atoms with E-state index < -0.39 is 0 Å². The minimum Gasteiger partial charge on any atom is -0.508 e. The number of nitrogens with one attached hydrogen (secondary N) is 1. The first-order chi connectivity index (χ1) is 8.25. The van der Waals surface area contributed by atoms with Gasteiger partial charge in [-0.15, -0.1) is 0 Å². The molecule has 1 amide bonds. The number of para-hydroxylation sites is 1. The van der Waals surface area contributed by atoms with Gasteiger partial charge in [-0.1, -0.05) is 31.0 Å². The molecule has 3 nitrogen and oxygen atoms in total. The van der Waals surface area contributed by atoms with Crippen LogP contribution in [0, 0.1) is 5.92 Å². The average molecular weight is 233 g/mol. The van der Waals surface area contributed by atoms with E-state index in [0.29, 0.717) is 18.9 Å². The molecule has 0 aliphatic heterocycles. The average Bonchev–Trinajstić information content (AvgIpc) is 2.81. The molecule has 0 saturated heterocycles. The van der Waals surface area contributed by atoms with E-state index in [-0.39, 0.29) is 11.7 Å². The van der Waals surface area contributed by atoms with Gasteiger partial charge in [0, 0.05) is 18.5 Å². The van der Waals surface area contributed by atoms with Gasteiger partial charge in [-0.2, -0.15) is 0 Å². The zero-order chi connectivity index (χ0) is 12.1. The van der Waals surface area contributed by atoms with E-state index in [2.05, 4.69) is 5.32 Å². The number of aromatic hydroxyl groups is 1. The Hall–Kier alpha value is -1.51. The van der Waals surface area contributed by atoms with Crippen molar-refractivity contribution >= 4 is 5.91 Å². The number of carbonyl (C=O) groups is 1. The van der Waals surface area contributed by atoms with E-state index in [9.17, 15) is 9.90 Å². The molecule has 1 aromatic rings. The highest BCUT2D eigenvalue weighted by Gasteiger charge is 2.18. The molecule has 0 bridgehead atoms. The van der Waals surface area contributed by atoms with Crippen LogP contribution in [0.1, 0.15) is 37.7 Å². The predicted molar refractivity (Wildman–Crippen MR) is 66.5 cm³/mol. The molecule has 0 spiro atoms. The Morgan fingerprint density at radius 1 is 1.29 bits per heavy atom. The summed E-state index contributed by atoms with van der Waals surface area (Å²) in [7, 11) is 0. The third kappa shape index (κ3) is 3.48. The molecule has 0 atom stereocenters. The molecule has 2 rings (SSSR count). The van der Waals surface area contributed by atoms with Crippen molar-refractivity contribution in [3.63, 3.8) is 0 Å². The van der Waals surface area contributed by atoms with Gasteiger partial charge < -0.3 is 10.4 Å². The summed E-state index contributed by atoms with van der Waals surface area (Å²) in [6, 6.07) is 7.10. The Labute approximate surface area is 102 Å². The molecular formula is C14H19NO2. The van der Waals surface area contributed by atoms with Crippen molar-refractivity contribution in [3.8, 4) is 5.75 Å². The summed E-state index contributed by atoms with van der Waals surface area (Å²) in [5.41, 5.74) is 0.771. The van der Waals surface area contributed by atoms with Crippen LogP contribution in [0.3, 0.4) is 0 Å².